The van der Waals surface area contributed by atoms with Crippen LogP contribution >= 0.6 is 0 Å². The van der Waals surface area contributed by atoms with Crippen molar-refractivity contribution < 1.29 is 110 Å². The topological polar surface area (TPSA) is 16.8 Å². The van der Waals surface area contributed by atoms with Gasteiger partial charge in [-0.1, -0.05) is 127 Å². The first kappa shape index (κ1) is 62.0. The number of nitrogens with zero attached hydrogens (tertiary/aromatic N) is 2. The molecule has 0 N–H and O–H groups in total. The van der Waals surface area contributed by atoms with Gasteiger partial charge >= 0.3 is 49.4 Å². The van der Waals surface area contributed by atoms with Crippen molar-refractivity contribution in [2.75, 3.05) is 0 Å². The summed E-state index contributed by atoms with van der Waals surface area (Å²) in [7, 11) is 0. The molecule has 1 heterocycles. The number of benzene rings is 9. The highest BCUT2D eigenvalue weighted by molar-refractivity contribution is 7.20. The van der Waals surface area contributed by atoms with Crippen molar-refractivity contribution in [1.82, 2.24) is 4.98 Å². The van der Waals surface area contributed by atoms with Gasteiger partial charge in [-0.3, -0.25) is 4.98 Å². The molecule has 0 aliphatic heterocycles. The van der Waals surface area contributed by atoms with Gasteiger partial charge < -0.3 is 0 Å². The van der Waals surface area contributed by atoms with E-state index < -0.39 is 195 Å². The maximum atomic E-state index is 14.2. The molecule has 27 heteroatoms. The average molecular weight is 1230 g/mol. The summed E-state index contributed by atoms with van der Waals surface area (Å²) in [4.78, 5) is 4.45. The van der Waals surface area contributed by atoms with E-state index in [4.69, 9.17) is 0 Å². The molecule has 448 valence electrons. The maximum absolute atomic E-state index is 14.2. The number of halogens is 24. The molecule has 0 saturated heterocycles. The maximum Gasteiger partial charge on any atom is 0.416 e. The highest BCUT2D eigenvalue weighted by atomic mass is 19.4. The zero-order valence-corrected chi connectivity index (χ0v) is 42.5. The smallest absolute Gasteiger partial charge is 0.252 e. The molecule has 86 heavy (non-hydrogen) atoms. The minimum Gasteiger partial charge on any atom is -0.252 e. The van der Waals surface area contributed by atoms with Crippen LogP contribution in [0.2, 0.25) is 0 Å². The Kier molecular flexibility index (Phi) is 15.5. The van der Waals surface area contributed by atoms with Gasteiger partial charge in [0.15, 0.2) is 12.7 Å². The van der Waals surface area contributed by atoms with Crippen molar-refractivity contribution in [2.24, 2.45) is 0 Å². The van der Waals surface area contributed by atoms with Gasteiger partial charge in [-0.15, -0.1) is 0 Å². The number of rotatable bonds is 7. The summed E-state index contributed by atoms with van der Waals surface area (Å²) in [6.45, 7) is 0.820. The number of alkyl halides is 24. The second-order valence-electron chi connectivity index (χ2n) is 19.8. The summed E-state index contributed by atoms with van der Waals surface area (Å²) in [6, 6.07) is 21.7. The summed E-state index contributed by atoms with van der Waals surface area (Å²) >= 11 is 0. The van der Waals surface area contributed by atoms with Crippen molar-refractivity contribution in [3.8, 4) is 11.3 Å². The third kappa shape index (κ3) is 12.4. The molecule has 0 unspecified atom stereocenters. The van der Waals surface area contributed by atoms with Crippen molar-refractivity contribution in [2.45, 2.75) is 56.0 Å². The van der Waals surface area contributed by atoms with Gasteiger partial charge in [-0.25, -0.2) is 0 Å². The molecule has 2 nitrogen and oxygen atoms in total. The van der Waals surface area contributed by atoms with Crippen LogP contribution in [0.25, 0.3) is 43.6 Å². The molecule has 0 atom stereocenters. The first-order chi connectivity index (χ1) is 39.6. The molecule has 0 spiro atoms. The monoisotopic (exact) mass is 1230 g/mol. The second-order valence-corrected chi connectivity index (χ2v) is 19.8. The van der Waals surface area contributed by atoms with Gasteiger partial charge in [0.2, 0.25) is 5.69 Å². The third-order valence-electron chi connectivity index (χ3n) is 14.3. The Morgan fingerprint density at radius 1 is 0.326 bits per heavy atom. The number of hydrogen-bond acceptors (Lipinski definition) is 1. The zero-order chi connectivity index (χ0) is 63.1. The summed E-state index contributed by atoms with van der Waals surface area (Å²) in [6.07, 6.45) is -48.9. The predicted molar refractivity (Wildman–Crippen MR) is 269 cm³/mol. The summed E-state index contributed by atoms with van der Waals surface area (Å²) in [5.74, 6) is 0. The lowest BCUT2D eigenvalue weighted by atomic mass is 9.12. The lowest BCUT2D eigenvalue weighted by Crippen LogP contribution is -2.75. The lowest BCUT2D eigenvalue weighted by molar-refractivity contribution is -0.677. The fourth-order valence-corrected chi connectivity index (χ4v) is 10.6. The van der Waals surface area contributed by atoms with Crippen molar-refractivity contribution in [1.29, 1.82) is 0 Å². The van der Waals surface area contributed by atoms with Crippen LogP contribution in [0.1, 0.15) is 50.1 Å². The molecule has 0 saturated carbocycles. The molecule has 0 fully saturated rings. The van der Waals surface area contributed by atoms with Crippen LogP contribution in [0.3, 0.4) is 0 Å². The van der Waals surface area contributed by atoms with Crippen molar-refractivity contribution >= 4 is 60.3 Å². The van der Waals surface area contributed by atoms with Crippen molar-refractivity contribution in [3.05, 3.63) is 226 Å². The molecule has 10 aromatic rings. The van der Waals surface area contributed by atoms with Gasteiger partial charge in [0, 0.05) is 5.56 Å². The first-order valence-electron chi connectivity index (χ1n) is 24.5. The van der Waals surface area contributed by atoms with Crippen LogP contribution in [0.15, 0.2) is 176 Å². The summed E-state index contributed by atoms with van der Waals surface area (Å²) in [5.41, 5.74) is -26.6. The molecule has 0 amide bonds. The largest absolute Gasteiger partial charge is 0.416 e. The van der Waals surface area contributed by atoms with Gasteiger partial charge in [0.1, 0.15) is 6.15 Å². The van der Waals surface area contributed by atoms with E-state index >= 15 is 0 Å². The Labute approximate surface area is 467 Å². The molecule has 0 radical (unpaired) electrons. The van der Waals surface area contributed by atoms with Crippen LogP contribution < -0.4 is 26.4 Å². The highest BCUT2D eigenvalue weighted by Crippen LogP contribution is 2.43. The molecule has 1 aromatic heterocycles. The number of aromatic nitrogens is 2. The predicted octanol–water partition coefficient (Wildman–Crippen LogP) is 17.2. The average Bonchev–Trinajstić information content (AvgIpc) is 1.15. The highest BCUT2D eigenvalue weighted by Gasteiger charge is 2.47. The quantitative estimate of drug-likeness (QED) is 0.0673. The van der Waals surface area contributed by atoms with Crippen LogP contribution in [-0.4, -0.2) is 11.1 Å². The molecule has 0 bridgehead atoms. The Morgan fingerprint density at radius 2 is 0.640 bits per heavy atom. The van der Waals surface area contributed by atoms with Gasteiger partial charge in [0.25, 0.3) is 0 Å². The fourth-order valence-electron chi connectivity index (χ4n) is 10.6. The van der Waals surface area contributed by atoms with Crippen LogP contribution in [0, 0.1) is 0 Å². The van der Waals surface area contributed by atoms with E-state index in [2.05, 4.69) is 101 Å². The summed E-state index contributed by atoms with van der Waals surface area (Å²) < 4.78 is 343. The Balaban J connectivity index is 0.000000251. The van der Waals surface area contributed by atoms with Gasteiger partial charge in [-0.2, -0.15) is 132 Å². The van der Waals surface area contributed by atoms with E-state index in [1.54, 1.807) is 0 Å². The van der Waals surface area contributed by atoms with Crippen LogP contribution in [-0.2, 0) is 56.0 Å². The van der Waals surface area contributed by atoms with E-state index in [1.165, 1.54) is 43.4 Å². The minimum atomic E-state index is -6.13. The Bertz CT molecular complexity index is 3700. The SMILES string of the molecule is FC(F)(F)c1cc([B-](c2cc(C(F)(F)F)cc(C(F)(F)F)c2)(c2cc(C(F)(F)F)cc(C(F)(F)F)c2)c2cc(C(F)(F)F)cc(C(F)(F)F)c2)cc(C(F)(F)F)c1.c1ccc(C[n+]2ccncc2-c2ccc3ccc4cccc5ccc2c3c45)cc1. The summed E-state index contributed by atoms with van der Waals surface area (Å²) in [5, 5.41) is 7.84. The normalized spacial score (nSPS) is 13.4. The zero-order valence-electron chi connectivity index (χ0n) is 42.5. The van der Waals surface area contributed by atoms with Crippen LogP contribution in [0.5, 0.6) is 0 Å². The first-order valence-corrected chi connectivity index (χ1v) is 24.5. The van der Waals surface area contributed by atoms with E-state index in [9.17, 15) is 105 Å². The third-order valence-corrected chi connectivity index (χ3v) is 14.3. The van der Waals surface area contributed by atoms with Crippen molar-refractivity contribution in [3.63, 3.8) is 0 Å². The molecule has 0 aliphatic rings. The van der Waals surface area contributed by atoms with E-state index in [-0.39, 0.29) is 0 Å². The molecule has 10 rings (SSSR count). The molecular formula is C59H31BF24N2. The van der Waals surface area contributed by atoms with Crippen LogP contribution in [0.4, 0.5) is 105 Å². The number of hydrogen-bond donors (Lipinski definition) is 0. The lowest BCUT2D eigenvalue weighted by Gasteiger charge is -2.46. The molecular weight excluding hydrogens is 1200 g/mol. The fraction of sp³-hybridized carbons (Fsp3) is 0.153. The Hall–Kier alpha value is -8.52. The van der Waals surface area contributed by atoms with E-state index in [0.717, 1.165) is 12.2 Å². The minimum absolute atomic E-state index is 0.691. The Morgan fingerprint density at radius 3 is 0.977 bits per heavy atom. The molecule has 0 aliphatic carbocycles. The second kappa shape index (κ2) is 21.5. The van der Waals surface area contributed by atoms with E-state index in [1.807, 2.05) is 12.4 Å². The van der Waals surface area contributed by atoms with E-state index in [0.29, 0.717) is 0 Å². The standard InChI is InChI=1S/C32H12BF24.C27H19N2/c34-25(35,36)13-1-14(26(37,38)39)6-21(5-13)33(22-7-15(27(40,41)42)2-16(8-22)28(43,44)45,23-9-17(29(46,47)48)3-18(10-23)30(49,50)51)24-11-19(31(52,53)54)4-20(12-24)32(55,56)57;1-2-5-19(6-3-1)18-29-16-15-28-17-25(29)23-13-11-22-10-9-20-7-4-8-21-12-14-24(23)27(22)26(20)21/h1-12H;1-17H,18H2/q-1;+1. The molecule has 9 aromatic carbocycles. The van der Waals surface area contributed by atoms with Gasteiger partial charge in [0.05, 0.1) is 62.5 Å². The van der Waals surface area contributed by atoms with Gasteiger partial charge in [-0.05, 0) is 62.6 Å².